The number of fused-ring (bicyclic) bond motifs is 1. The minimum Gasteiger partial charge on any atom is -0.478 e. The number of aromatic carboxylic acids is 1. The van der Waals surface area contributed by atoms with Crippen molar-refractivity contribution >= 4 is 22.8 Å². The summed E-state index contributed by atoms with van der Waals surface area (Å²) in [4.78, 5) is 25.6. The van der Waals surface area contributed by atoms with Crippen LogP contribution in [0.4, 0.5) is 0 Å². The highest BCUT2D eigenvalue weighted by Gasteiger charge is 2.46. The number of hydrogen-bond donors (Lipinski definition) is 2. The number of rotatable bonds is 8. The molecule has 0 radical (unpaired) electrons. The molecule has 1 aliphatic carbocycles. The van der Waals surface area contributed by atoms with E-state index < -0.39 is 11.5 Å². The van der Waals surface area contributed by atoms with Crippen molar-refractivity contribution in [2.24, 2.45) is 0 Å². The number of carboxylic acids is 1. The summed E-state index contributed by atoms with van der Waals surface area (Å²) in [6.45, 7) is 0.476. The molecule has 1 aliphatic rings. The van der Waals surface area contributed by atoms with Crippen molar-refractivity contribution in [1.82, 2.24) is 15.1 Å². The number of benzene rings is 5. The van der Waals surface area contributed by atoms with Crippen LogP contribution in [0.5, 0.6) is 0 Å². The Balaban J connectivity index is 1.26. The summed E-state index contributed by atoms with van der Waals surface area (Å²) >= 11 is 0. The van der Waals surface area contributed by atoms with Crippen LogP contribution < -0.4 is 5.32 Å². The Bertz CT molecular complexity index is 2100. The van der Waals surface area contributed by atoms with Crippen LogP contribution in [0.2, 0.25) is 0 Å². The van der Waals surface area contributed by atoms with Gasteiger partial charge < -0.3 is 10.4 Å². The maximum Gasteiger partial charge on any atom is 0.335 e. The van der Waals surface area contributed by atoms with Gasteiger partial charge in [-0.25, -0.2) is 4.79 Å². The number of nitrogens with zero attached hydrogens (tertiary/aromatic N) is 3. The standard InChI is InChI=1S/C38H28N4O3/c39-22-26-5-4-8-30(19-26)31-20-32-23-40-42(24-25-9-11-28(12-10-25)27-6-2-1-3-7-27)35(32)34(21-31)36(43)41-38(17-18-38)33-15-13-29(14-16-33)37(44)45/h1-16,19-21,23H,17-18,24H2,(H,41,43)(H,44,45). The largest absolute Gasteiger partial charge is 0.478 e. The lowest BCUT2D eigenvalue weighted by Crippen LogP contribution is -2.35. The first-order chi connectivity index (χ1) is 21.9. The molecule has 1 aromatic heterocycles. The second kappa shape index (κ2) is 11.3. The van der Waals surface area contributed by atoms with Crippen LogP contribution >= 0.6 is 0 Å². The van der Waals surface area contributed by atoms with E-state index >= 15 is 0 Å². The highest BCUT2D eigenvalue weighted by atomic mass is 16.4. The third-order valence-electron chi connectivity index (χ3n) is 8.48. The van der Waals surface area contributed by atoms with Gasteiger partial charge >= 0.3 is 5.97 Å². The Morgan fingerprint density at radius 3 is 2.22 bits per heavy atom. The second-order valence-electron chi connectivity index (χ2n) is 11.4. The zero-order chi connectivity index (χ0) is 31.0. The van der Waals surface area contributed by atoms with Crippen molar-refractivity contribution in [2.45, 2.75) is 24.9 Å². The van der Waals surface area contributed by atoms with E-state index in [9.17, 15) is 20.0 Å². The Hall–Kier alpha value is -6.00. The van der Waals surface area contributed by atoms with Crippen molar-refractivity contribution in [1.29, 1.82) is 5.26 Å². The fraction of sp³-hybridized carbons (Fsp3) is 0.105. The molecular formula is C38H28N4O3. The molecule has 45 heavy (non-hydrogen) atoms. The average Bonchev–Trinajstić information content (AvgIpc) is 3.76. The molecule has 1 saturated carbocycles. The summed E-state index contributed by atoms with van der Waals surface area (Å²) in [5.41, 5.74) is 7.23. The number of aromatic nitrogens is 2. The number of amides is 1. The zero-order valence-corrected chi connectivity index (χ0v) is 24.3. The molecular weight excluding hydrogens is 560 g/mol. The van der Waals surface area contributed by atoms with Crippen LogP contribution in [0.1, 0.15) is 50.2 Å². The van der Waals surface area contributed by atoms with Gasteiger partial charge in [0.2, 0.25) is 0 Å². The minimum absolute atomic E-state index is 0.204. The molecule has 6 aromatic rings. The van der Waals surface area contributed by atoms with E-state index in [1.807, 2.05) is 53.2 Å². The molecule has 0 aliphatic heterocycles. The molecule has 7 nitrogen and oxygen atoms in total. The van der Waals surface area contributed by atoms with E-state index in [1.54, 1.807) is 36.5 Å². The summed E-state index contributed by atoms with van der Waals surface area (Å²) in [5, 5.41) is 27.6. The van der Waals surface area contributed by atoms with Crippen LogP contribution in [0.15, 0.2) is 121 Å². The first-order valence-electron chi connectivity index (χ1n) is 14.7. The highest BCUT2D eigenvalue weighted by molar-refractivity contribution is 6.08. The molecule has 218 valence electrons. The van der Waals surface area contributed by atoms with Crippen LogP contribution in [-0.4, -0.2) is 26.8 Å². The lowest BCUT2D eigenvalue weighted by Gasteiger charge is -2.19. The Kier molecular flexibility index (Phi) is 6.95. The molecule has 5 aromatic carbocycles. The number of carboxylic acid groups (broad SMARTS) is 1. The fourth-order valence-electron chi connectivity index (χ4n) is 5.89. The third kappa shape index (κ3) is 5.46. The van der Waals surface area contributed by atoms with Crippen LogP contribution in [0, 0.1) is 11.3 Å². The predicted molar refractivity (Wildman–Crippen MR) is 173 cm³/mol. The molecule has 1 heterocycles. The first-order valence-corrected chi connectivity index (χ1v) is 14.7. The molecule has 0 spiro atoms. The topological polar surface area (TPSA) is 108 Å². The summed E-state index contributed by atoms with van der Waals surface area (Å²) in [6, 6.07) is 38.6. The van der Waals surface area contributed by atoms with E-state index in [2.05, 4.69) is 47.8 Å². The van der Waals surface area contributed by atoms with Gasteiger partial charge in [-0.3, -0.25) is 9.48 Å². The van der Waals surface area contributed by atoms with Gasteiger partial charge in [0.15, 0.2) is 0 Å². The van der Waals surface area contributed by atoms with Gasteiger partial charge in [-0.1, -0.05) is 78.9 Å². The van der Waals surface area contributed by atoms with Gasteiger partial charge in [-0.2, -0.15) is 10.4 Å². The van der Waals surface area contributed by atoms with Crippen LogP contribution in [0.25, 0.3) is 33.2 Å². The van der Waals surface area contributed by atoms with Crippen molar-refractivity contribution in [3.8, 4) is 28.3 Å². The molecule has 1 amide bonds. The third-order valence-corrected chi connectivity index (χ3v) is 8.48. The maximum atomic E-state index is 14.2. The molecule has 1 fully saturated rings. The SMILES string of the molecule is N#Cc1cccc(-c2cc(C(=O)NC3(c4ccc(C(=O)O)cc4)CC3)c3c(cnn3Cc3ccc(-c4ccccc4)cc3)c2)c1. The Labute approximate surface area is 260 Å². The van der Waals surface area contributed by atoms with Gasteiger partial charge in [0.25, 0.3) is 5.91 Å². The molecule has 0 saturated heterocycles. The van der Waals surface area contributed by atoms with Gasteiger partial charge in [0.1, 0.15) is 0 Å². The molecule has 7 heteroatoms. The number of carbonyl (C=O) groups is 2. The van der Waals surface area contributed by atoms with Crippen molar-refractivity contribution in [3.05, 3.63) is 149 Å². The van der Waals surface area contributed by atoms with Crippen LogP contribution in [0.3, 0.4) is 0 Å². The fourth-order valence-corrected chi connectivity index (χ4v) is 5.89. The van der Waals surface area contributed by atoms with E-state index in [0.29, 0.717) is 17.7 Å². The van der Waals surface area contributed by atoms with E-state index in [-0.39, 0.29) is 11.5 Å². The average molecular weight is 589 g/mol. The summed E-state index contributed by atoms with van der Waals surface area (Å²) in [5.74, 6) is -1.22. The molecule has 7 rings (SSSR count). The zero-order valence-electron chi connectivity index (χ0n) is 24.3. The van der Waals surface area contributed by atoms with Crippen molar-refractivity contribution in [3.63, 3.8) is 0 Å². The smallest absolute Gasteiger partial charge is 0.335 e. The number of nitriles is 1. The number of nitrogens with one attached hydrogen (secondary N) is 1. The summed E-state index contributed by atoms with van der Waals surface area (Å²) < 4.78 is 1.86. The quantitative estimate of drug-likeness (QED) is 0.193. The molecule has 0 bridgehead atoms. The van der Waals surface area contributed by atoms with E-state index in [1.165, 1.54) is 0 Å². The van der Waals surface area contributed by atoms with E-state index in [4.69, 9.17) is 5.10 Å². The summed E-state index contributed by atoms with van der Waals surface area (Å²) in [6.07, 6.45) is 3.29. The highest BCUT2D eigenvalue weighted by Crippen LogP contribution is 2.46. The Morgan fingerprint density at radius 1 is 0.822 bits per heavy atom. The number of carbonyl (C=O) groups excluding carboxylic acids is 1. The number of hydrogen-bond acceptors (Lipinski definition) is 4. The second-order valence-corrected chi connectivity index (χ2v) is 11.4. The molecule has 0 unspecified atom stereocenters. The van der Waals surface area contributed by atoms with Crippen molar-refractivity contribution in [2.75, 3.05) is 0 Å². The Morgan fingerprint density at radius 2 is 1.53 bits per heavy atom. The van der Waals surface area contributed by atoms with Gasteiger partial charge in [-0.15, -0.1) is 0 Å². The molecule has 2 N–H and O–H groups in total. The maximum absolute atomic E-state index is 14.2. The van der Waals surface area contributed by atoms with Crippen LogP contribution in [-0.2, 0) is 12.1 Å². The van der Waals surface area contributed by atoms with E-state index in [0.717, 1.165) is 57.1 Å². The van der Waals surface area contributed by atoms with Gasteiger partial charge in [-0.05, 0) is 82.6 Å². The van der Waals surface area contributed by atoms with Gasteiger partial charge in [0.05, 0.1) is 46.6 Å². The monoisotopic (exact) mass is 588 g/mol. The predicted octanol–water partition coefficient (Wildman–Crippen LogP) is 7.41. The lowest BCUT2D eigenvalue weighted by atomic mass is 9.97. The first kappa shape index (κ1) is 27.8. The van der Waals surface area contributed by atoms with Gasteiger partial charge in [0, 0.05) is 5.39 Å². The molecule has 0 atom stereocenters. The van der Waals surface area contributed by atoms with Crippen molar-refractivity contribution < 1.29 is 14.7 Å². The lowest BCUT2D eigenvalue weighted by molar-refractivity contribution is 0.0696. The summed E-state index contributed by atoms with van der Waals surface area (Å²) in [7, 11) is 0. The minimum atomic E-state index is -0.988. The normalized spacial score (nSPS) is 13.2.